The number of carbonyl (C=O) groups is 1. The molecule has 0 saturated heterocycles. The minimum Gasteiger partial charge on any atom is -0.465 e. The fourth-order valence-corrected chi connectivity index (χ4v) is 3.36. The van der Waals surface area contributed by atoms with Crippen LogP contribution >= 0.6 is 11.8 Å². The Morgan fingerprint density at radius 3 is 2.88 bits per heavy atom. The Morgan fingerprint density at radius 2 is 2.21 bits per heavy atom. The van der Waals surface area contributed by atoms with Gasteiger partial charge in [0.05, 0.1) is 18.4 Å². The zero-order valence-electron chi connectivity index (χ0n) is 13.6. The van der Waals surface area contributed by atoms with Gasteiger partial charge in [-0.05, 0) is 37.5 Å². The van der Waals surface area contributed by atoms with Crippen molar-refractivity contribution in [1.82, 2.24) is 9.97 Å². The van der Waals surface area contributed by atoms with Gasteiger partial charge in [0.1, 0.15) is 22.5 Å². The Balaban J connectivity index is 1.81. The van der Waals surface area contributed by atoms with E-state index in [9.17, 15) is 10.1 Å². The lowest BCUT2D eigenvalue weighted by atomic mass is 10.1. The van der Waals surface area contributed by atoms with E-state index in [2.05, 4.69) is 16.0 Å². The number of ether oxygens (including phenoxy) is 1. The van der Waals surface area contributed by atoms with Crippen LogP contribution in [-0.2, 0) is 10.5 Å². The standard InChI is InChI=1S/C18H17N3O2S/c1-11-15(9-19)17(21-16(20-11)13-6-7-13)24-10-12-4-3-5-14(8-12)18(22)23-2/h3-5,8,13H,6-7,10H2,1-2H3. The maximum atomic E-state index is 11.6. The van der Waals surface area contributed by atoms with Crippen LogP contribution in [0.1, 0.15) is 51.8 Å². The fraction of sp³-hybridized carbons (Fsp3) is 0.333. The molecule has 1 aromatic heterocycles. The SMILES string of the molecule is COC(=O)c1cccc(CSc2nc(C3CC3)nc(C)c2C#N)c1. The fourth-order valence-electron chi connectivity index (χ4n) is 2.38. The third-order valence-corrected chi connectivity index (χ3v) is 4.90. The molecule has 0 unspecified atom stereocenters. The Morgan fingerprint density at radius 1 is 1.42 bits per heavy atom. The van der Waals surface area contributed by atoms with E-state index in [0.717, 1.165) is 34.9 Å². The lowest BCUT2D eigenvalue weighted by Gasteiger charge is -2.08. The molecule has 0 amide bonds. The zero-order valence-corrected chi connectivity index (χ0v) is 14.4. The highest BCUT2D eigenvalue weighted by atomic mass is 32.2. The van der Waals surface area contributed by atoms with Crippen LogP contribution in [0.3, 0.4) is 0 Å². The molecule has 1 aliphatic carbocycles. The van der Waals surface area contributed by atoms with Gasteiger partial charge in [-0.25, -0.2) is 14.8 Å². The van der Waals surface area contributed by atoms with Crippen molar-refractivity contribution in [2.24, 2.45) is 0 Å². The maximum Gasteiger partial charge on any atom is 0.337 e. The normalized spacial score (nSPS) is 13.4. The van der Waals surface area contributed by atoms with Crippen LogP contribution in [0, 0.1) is 18.3 Å². The van der Waals surface area contributed by atoms with E-state index in [1.807, 2.05) is 19.1 Å². The Hall–Kier alpha value is -2.39. The van der Waals surface area contributed by atoms with Crippen LogP contribution < -0.4 is 0 Å². The molecule has 6 heteroatoms. The second-order valence-electron chi connectivity index (χ2n) is 5.71. The number of nitriles is 1. The molecule has 1 saturated carbocycles. The Labute approximate surface area is 145 Å². The van der Waals surface area contributed by atoms with E-state index in [1.54, 1.807) is 12.1 Å². The smallest absolute Gasteiger partial charge is 0.337 e. The topological polar surface area (TPSA) is 75.9 Å². The van der Waals surface area contributed by atoms with Crippen LogP contribution in [0.5, 0.6) is 0 Å². The molecule has 122 valence electrons. The molecule has 0 radical (unpaired) electrons. The van der Waals surface area contributed by atoms with Crippen molar-refractivity contribution >= 4 is 17.7 Å². The van der Waals surface area contributed by atoms with Gasteiger partial charge in [-0.3, -0.25) is 0 Å². The molecule has 2 aromatic rings. The van der Waals surface area contributed by atoms with Crippen LogP contribution in [0.4, 0.5) is 0 Å². The van der Waals surface area contributed by atoms with Crippen LogP contribution in [0.15, 0.2) is 29.3 Å². The van der Waals surface area contributed by atoms with E-state index in [1.165, 1.54) is 18.9 Å². The molecule has 0 spiro atoms. The molecular weight excluding hydrogens is 322 g/mol. The predicted molar refractivity (Wildman–Crippen MR) is 90.8 cm³/mol. The van der Waals surface area contributed by atoms with E-state index in [-0.39, 0.29) is 5.97 Å². The maximum absolute atomic E-state index is 11.6. The molecule has 1 fully saturated rings. The Bertz CT molecular complexity index is 825. The molecule has 0 atom stereocenters. The second-order valence-corrected chi connectivity index (χ2v) is 6.68. The number of carbonyl (C=O) groups excluding carboxylic acids is 1. The number of aromatic nitrogens is 2. The van der Waals surface area contributed by atoms with Gasteiger partial charge in [0, 0.05) is 11.7 Å². The molecule has 5 nitrogen and oxygen atoms in total. The highest BCUT2D eigenvalue weighted by Gasteiger charge is 2.28. The van der Waals surface area contributed by atoms with Crippen molar-refractivity contribution in [3.05, 3.63) is 52.5 Å². The molecule has 1 heterocycles. The molecule has 3 rings (SSSR count). The van der Waals surface area contributed by atoms with Gasteiger partial charge in [0.25, 0.3) is 0 Å². The number of rotatable bonds is 5. The van der Waals surface area contributed by atoms with E-state index >= 15 is 0 Å². The van der Waals surface area contributed by atoms with E-state index in [4.69, 9.17) is 4.74 Å². The van der Waals surface area contributed by atoms with Crippen molar-refractivity contribution in [1.29, 1.82) is 5.26 Å². The summed E-state index contributed by atoms with van der Waals surface area (Å²) in [5.74, 6) is 1.56. The van der Waals surface area contributed by atoms with Gasteiger partial charge >= 0.3 is 5.97 Å². The summed E-state index contributed by atoms with van der Waals surface area (Å²) < 4.78 is 4.75. The largest absolute Gasteiger partial charge is 0.465 e. The number of methoxy groups -OCH3 is 1. The number of thioether (sulfide) groups is 1. The van der Waals surface area contributed by atoms with Gasteiger partial charge in [0.2, 0.25) is 0 Å². The minimum atomic E-state index is -0.353. The number of esters is 1. The number of hydrogen-bond acceptors (Lipinski definition) is 6. The number of hydrogen-bond donors (Lipinski definition) is 0. The third kappa shape index (κ3) is 3.57. The van der Waals surface area contributed by atoms with Crippen molar-refractivity contribution in [3.8, 4) is 6.07 Å². The zero-order chi connectivity index (χ0) is 17.1. The quantitative estimate of drug-likeness (QED) is 0.470. The first-order valence-corrected chi connectivity index (χ1v) is 8.69. The monoisotopic (exact) mass is 339 g/mol. The molecule has 0 aliphatic heterocycles. The van der Waals surface area contributed by atoms with Crippen LogP contribution in [-0.4, -0.2) is 23.0 Å². The van der Waals surface area contributed by atoms with Gasteiger partial charge in [-0.15, -0.1) is 11.8 Å². The first kappa shape index (κ1) is 16.5. The summed E-state index contributed by atoms with van der Waals surface area (Å²) in [4.78, 5) is 20.7. The summed E-state index contributed by atoms with van der Waals surface area (Å²) in [6.45, 7) is 1.86. The van der Waals surface area contributed by atoms with Crippen molar-refractivity contribution in [2.45, 2.75) is 36.5 Å². The average molecular weight is 339 g/mol. The summed E-state index contributed by atoms with van der Waals surface area (Å²) in [6, 6.07) is 9.51. The minimum absolute atomic E-state index is 0.353. The number of nitrogens with zero attached hydrogens (tertiary/aromatic N) is 3. The first-order chi connectivity index (χ1) is 11.6. The number of benzene rings is 1. The number of aryl methyl sites for hydroxylation is 1. The molecule has 0 bridgehead atoms. The highest BCUT2D eigenvalue weighted by molar-refractivity contribution is 7.98. The molecule has 0 N–H and O–H groups in total. The lowest BCUT2D eigenvalue weighted by Crippen LogP contribution is -2.02. The summed E-state index contributed by atoms with van der Waals surface area (Å²) >= 11 is 1.50. The highest BCUT2D eigenvalue weighted by Crippen LogP contribution is 2.39. The van der Waals surface area contributed by atoms with Gasteiger partial charge in [0.15, 0.2) is 0 Å². The lowest BCUT2D eigenvalue weighted by molar-refractivity contribution is 0.0600. The third-order valence-electron chi connectivity index (χ3n) is 3.85. The van der Waals surface area contributed by atoms with Crippen LogP contribution in [0.25, 0.3) is 0 Å². The Kier molecular flexibility index (Phi) is 4.81. The molecular formula is C18H17N3O2S. The predicted octanol–water partition coefficient (Wildman–Crippen LogP) is 3.61. The average Bonchev–Trinajstić information content (AvgIpc) is 3.44. The summed E-state index contributed by atoms with van der Waals surface area (Å²) in [7, 11) is 1.37. The van der Waals surface area contributed by atoms with E-state index < -0.39 is 0 Å². The van der Waals surface area contributed by atoms with Crippen molar-refractivity contribution < 1.29 is 9.53 Å². The van der Waals surface area contributed by atoms with Crippen molar-refractivity contribution in [2.75, 3.05) is 7.11 Å². The van der Waals surface area contributed by atoms with Gasteiger partial charge in [-0.1, -0.05) is 12.1 Å². The second kappa shape index (κ2) is 7.02. The van der Waals surface area contributed by atoms with Gasteiger partial charge in [-0.2, -0.15) is 5.26 Å². The van der Waals surface area contributed by atoms with Crippen molar-refractivity contribution in [3.63, 3.8) is 0 Å². The molecule has 1 aliphatic rings. The summed E-state index contributed by atoms with van der Waals surface area (Å²) in [5.41, 5.74) is 2.78. The summed E-state index contributed by atoms with van der Waals surface area (Å²) in [6.07, 6.45) is 2.24. The van der Waals surface area contributed by atoms with Gasteiger partial charge < -0.3 is 4.74 Å². The molecule has 1 aromatic carbocycles. The van der Waals surface area contributed by atoms with E-state index in [0.29, 0.717) is 22.8 Å². The summed E-state index contributed by atoms with van der Waals surface area (Å²) in [5, 5.41) is 10.1. The van der Waals surface area contributed by atoms with Crippen LogP contribution in [0.2, 0.25) is 0 Å². The first-order valence-electron chi connectivity index (χ1n) is 7.71. The molecule has 24 heavy (non-hydrogen) atoms.